The monoisotopic (exact) mass is 341 g/mol. The molecule has 0 atom stereocenters. The normalized spacial score (nSPS) is 13.0. The van der Waals surface area contributed by atoms with Crippen molar-refractivity contribution in [1.29, 1.82) is 0 Å². The van der Waals surface area contributed by atoms with Crippen LogP contribution in [-0.4, -0.2) is 16.3 Å². The lowest BCUT2D eigenvalue weighted by atomic mass is 10.1. The number of halogens is 2. The molecule has 0 unspecified atom stereocenters. The van der Waals surface area contributed by atoms with Gasteiger partial charge in [0.15, 0.2) is 0 Å². The quantitative estimate of drug-likeness (QED) is 0.717. The Kier molecular flexibility index (Phi) is 3.57. The van der Waals surface area contributed by atoms with Gasteiger partial charge in [0, 0.05) is 17.7 Å². The summed E-state index contributed by atoms with van der Waals surface area (Å²) >= 11 is 6.26. The van der Waals surface area contributed by atoms with Crippen LogP contribution in [0.2, 0.25) is 5.02 Å². The van der Waals surface area contributed by atoms with E-state index in [9.17, 15) is 4.39 Å². The number of rotatable bonds is 2. The number of aromatic nitrogens is 2. The number of nitrogens with one attached hydrogen (secondary N) is 1. The number of anilines is 1. The van der Waals surface area contributed by atoms with Crippen LogP contribution in [0.25, 0.3) is 16.9 Å². The van der Waals surface area contributed by atoms with Gasteiger partial charge in [-0.15, -0.1) is 0 Å². The van der Waals surface area contributed by atoms with Crippen LogP contribution >= 0.6 is 11.6 Å². The highest BCUT2D eigenvalue weighted by Gasteiger charge is 2.25. The van der Waals surface area contributed by atoms with Gasteiger partial charge in [0.2, 0.25) is 0 Å². The number of nitrogens with zero attached hydrogens (tertiary/aromatic N) is 2. The summed E-state index contributed by atoms with van der Waals surface area (Å²) in [6, 6.07) is 10.8. The van der Waals surface area contributed by atoms with Crippen LogP contribution in [0.1, 0.15) is 16.7 Å². The molecule has 5 heteroatoms. The van der Waals surface area contributed by atoms with Crippen molar-refractivity contribution in [3.05, 3.63) is 63.9 Å². The molecule has 0 saturated heterocycles. The molecule has 4 rings (SSSR count). The summed E-state index contributed by atoms with van der Waals surface area (Å²) in [7, 11) is 0. The fourth-order valence-electron chi connectivity index (χ4n) is 3.29. The molecule has 0 bridgehead atoms. The van der Waals surface area contributed by atoms with Gasteiger partial charge in [0.25, 0.3) is 0 Å². The second kappa shape index (κ2) is 5.64. The first-order valence-corrected chi connectivity index (χ1v) is 8.31. The van der Waals surface area contributed by atoms with Gasteiger partial charge in [-0.2, -0.15) is 5.10 Å². The molecule has 1 aromatic heterocycles. The molecule has 2 heterocycles. The van der Waals surface area contributed by atoms with E-state index < -0.39 is 0 Å². The predicted molar refractivity (Wildman–Crippen MR) is 95.6 cm³/mol. The van der Waals surface area contributed by atoms with Gasteiger partial charge >= 0.3 is 0 Å². The Morgan fingerprint density at radius 3 is 2.75 bits per heavy atom. The van der Waals surface area contributed by atoms with Gasteiger partial charge in [-0.25, -0.2) is 9.07 Å². The Morgan fingerprint density at radius 2 is 2.00 bits per heavy atom. The third kappa shape index (κ3) is 2.38. The van der Waals surface area contributed by atoms with E-state index >= 15 is 0 Å². The second-order valence-electron chi connectivity index (χ2n) is 6.18. The fraction of sp³-hybridized carbons (Fsp3) is 0.211. The van der Waals surface area contributed by atoms with Gasteiger partial charge < -0.3 is 5.32 Å². The van der Waals surface area contributed by atoms with Gasteiger partial charge in [-0.3, -0.25) is 0 Å². The van der Waals surface area contributed by atoms with Crippen LogP contribution in [0.3, 0.4) is 0 Å². The zero-order chi connectivity index (χ0) is 16.8. The Bertz CT molecular complexity index is 872. The van der Waals surface area contributed by atoms with E-state index in [1.165, 1.54) is 17.7 Å². The molecule has 1 aliphatic heterocycles. The fourth-order valence-corrected chi connectivity index (χ4v) is 3.55. The number of aryl methyl sites for hydroxylation is 2. The Labute approximate surface area is 145 Å². The molecule has 2 aromatic carbocycles. The van der Waals surface area contributed by atoms with Crippen molar-refractivity contribution >= 4 is 17.4 Å². The van der Waals surface area contributed by atoms with Crippen LogP contribution in [-0.2, 0) is 6.42 Å². The summed E-state index contributed by atoms with van der Waals surface area (Å²) in [6.45, 7) is 5.02. The van der Waals surface area contributed by atoms with E-state index in [2.05, 4.69) is 37.4 Å². The Morgan fingerprint density at radius 1 is 1.17 bits per heavy atom. The molecule has 0 fully saturated rings. The molecule has 0 saturated carbocycles. The Hall–Kier alpha value is -2.33. The molecule has 24 heavy (non-hydrogen) atoms. The maximum absolute atomic E-state index is 13.4. The standard InChI is InChI=1S/C19H17ClFN3/c1-11-3-6-17(12(2)9-11)24-19-15(7-8-22-19)18(23-24)14-5-4-13(21)10-16(14)20/h3-6,9-10,22H,7-8H2,1-2H3. The average Bonchev–Trinajstić information content (AvgIpc) is 3.11. The number of hydrogen-bond acceptors (Lipinski definition) is 2. The smallest absolute Gasteiger partial charge is 0.133 e. The van der Waals surface area contributed by atoms with Crippen LogP contribution in [0.4, 0.5) is 10.2 Å². The topological polar surface area (TPSA) is 29.9 Å². The lowest BCUT2D eigenvalue weighted by molar-refractivity contribution is 0.628. The van der Waals surface area contributed by atoms with E-state index in [1.807, 2.05) is 4.68 Å². The molecule has 1 N–H and O–H groups in total. The second-order valence-corrected chi connectivity index (χ2v) is 6.59. The van der Waals surface area contributed by atoms with Crippen molar-refractivity contribution in [2.24, 2.45) is 0 Å². The minimum atomic E-state index is -0.340. The molecule has 1 aliphatic rings. The summed E-state index contributed by atoms with van der Waals surface area (Å²) in [5.41, 5.74) is 6.13. The third-order valence-electron chi connectivity index (χ3n) is 4.42. The maximum Gasteiger partial charge on any atom is 0.133 e. The van der Waals surface area contributed by atoms with Crippen LogP contribution < -0.4 is 5.32 Å². The van der Waals surface area contributed by atoms with E-state index in [-0.39, 0.29) is 5.82 Å². The summed E-state index contributed by atoms with van der Waals surface area (Å²) in [6.07, 6.45) is 0.878. The van der Waals surface area contributed by atoms with E-state index in [0.29, 0.717) is 5.02 Å². The van der Waals surface area contributed by atoms with Crippen molar-refractivity contribution in [3.8, 4) is 16.9 Å². The van der Waals surface area contributed by atoms with Crippen molar-refractivity contribution in [1.82, 2.24) is 9.78 Å². The summed E-state index contributed by atoms with van der Waals surface area (Å²) in [5.74, 6) is 0.657. The number of hydrogen-bond donors (Lipinski definition) is 1. The average molecular weight is 342 g/mol. The molecule has 0 radical (unpaired) electrons. The minimum Gasteiger partial charge on any atom is -0.369 e. The minimum absolute atomic E-state index is 0.340. The van der Waals surface area contributed by atoms with Crippen molar-refractivity contribution in [2.75, 3.05) is 11.9 Å². The highest BCUT2D eigenvalue weighted by molar-refractivity contribution is 6.33. The molecule has 122 valence electrons. The van der Waals surface area contributed by atoms with Crippen LogP contribution in [0, 0.1) is 19.7 Å². The highest BCUT2D eigenvalue weighted by Crippen LogP contribution is 2.38. The first-order chi connectivity index (χ1) is 11.5. The third-order valence-corrected chi connectivity index (χ3v) is 4.73. The van der Waals surface area contributed by atoms with Crippen molar-refractivity contribution < 1.29 is 4.39 Å². The zero-order valence-corrected chi connectivity index (χ0v) is 14.3. The van der Waals surface area contributed by atoms with Crippen LogP contribution in [0.5, 0.6) is 0 Å². The lowest BCUT2D eigenvalue weighted by Gasteiger charge is -2.10. The van der Waals surface area contributed by atoms with Crippen molar-refractivity contribution in [3.63, 3.8) is 0 Å². The summed E-state index contributed by atoms with van der Waals surface area (Å²) in [5, 5.41) is 8.60. The molecule has 0 aliphatic carbocycles. The van der Waals surface area contributed by atoms with Crippen molar-refractivity contribution in [2.45, 2.75) is 20.3 Å². The lowest BCUT2D eigenvalue weighted by Crippen LogP contribution is -2.05. The number of fused-ring (bicyclic) bond motifs is 1. The molecular weight excluding hydrogens is 325 g/mol. The molecule has 0 spiro atoms. The predicted octanol–water partition coefficient (Wildman–Crippen LogP) is 4.92. The molecule has 3 nitrogen and oxygen atoms in total. The Balaban J connectivity index is 1.92. The zero-order valence-electron chi connectivity index (χ0n) is 13.5. The molecule has 0 amide bonds. The summed E-state index contributed by atoms with van der Waals surface area (Å²) in [4.78, 5) is 0. The van der Waals surface area contributed by atoms with E-state index in [4.69, 9.17) is 16.7 Å². The van der Waals surface area contributed by atoms with E-state index in [0.717, 1.165) is 46.9 Å². The van der Waals surface area contributed by atoms with Gasteiger partial charge in [0.1, 0.15) is 11.6 Å². The molecular formula is C19H17ClFN3. The van der Waals surface area contributed by atoms with Gasteiger partial charge in [0.05, 0.1) is 16.4 Å². The van der Waals surface area contributed by atoms with E-state index in [1.54, 1.807) is 6.07 Å². The SMILES string of the molecule is Cc1ccc(-n2nc(-c3ccc(F)cc3Cl)c3c2NCC3)c(C)c1. The maximum atomic E-state index is 13.4. The largest absolute Gasteiger partial charge is 0.369 e. The highest BCUT2D eigenvalue weighted by atomic mass is 35.5. The number of benzene rings is 2. The first kappa shape index (κ1) is 15.2. The first-order valence-electron chi connectivity index (χ1n) is 7.93. The van der Waals surface area contributed by atoms with Gasteiger partial charge in [-0.05, 0) is 50.1 Å². The van der Waals surface area contributed by atoms with Gasteiger partial charge in [-0.1, -0.05) is 29.3 Å². The summed E-state index contributed by atoms with van der Waals surface area (Å²) < 4.78 is 15.3. The van der Waals surface area contributed by atoms with Crippen LogP contribution in [0.15, 0.2) is 36.4 Å². The molecule has 3 aromatic rings.